The van der Waals surface area contributed by atoms with E-state index < -0.39 is 0 Å². The molecule has 4 aromatic rings. The van der Waals surface area contributed by atoms with E-state index in [0.717, 1.165) is 22.1 Å². The molecule has 0 N–H and O–H groups in total. The standard InChI is InChI=1S/C22H23N3O2S/c1-14-11-15(2)20-17(12-14)23-22(28-20)25(10-9-24(3)4)21(26)19-13-16-7-5-6-8-18(16)27-19/h5-8,11-13H,9-10H2,1-4H3. The lowest BCUT2D eigenvalue weighted by Crippen LogP contribution is -2.36. The first kappa shape index (κ1) is 18.7. The molecule has 144 valence electrons. The maximum Gasteiger partial charge on any atom is 0.295 e. The Hall–Kier alpha value is -2.70. The van der Waals surface area contributed by atoms with E-state index in [9.17, 15) is 4.79 Å². The SMILES string of the molecule is Cc1cc(C)c2sc(N(CCN(C)C)C(=O)c3cc4ccccc4o3)nc2c1. The Kier molecular flexibility index (Phi) is 4.91. The van der Waals surface area contributed by atoms with Crippen LogP contribution in [0, 0.1) is 13.8 Å². The van der Waals surface area contributed by atoms with Crippen molar-refractivity contribution < 1.29 is 9.21 Å². The van der Waals surface area contributed by atoms with Crippen LogP contribution in [-0.2, 0) is 0 Å². The van der Waals surface area contributed by atoms with E-state index in [1.165, 1.54) is 11.1 Å². The highest BCUT2D eigenvalue weighted by Gasteiger charge is 2.24. The van der Waals surface area contributed by atoms with E-state index in [1.807, 2.05) is 44.4 Å². The molecule has 4 rings (SSSR count). The average molecular weight is 394 g/mol. The number of nitrogens with zero attached hydrogens (tertiary/aromatic N) is 3. The van der Waals surface area contributed by atoms with Gasteiger partial charge in [0.2, 0.25) is 0 Å². The van der Waals surface area contributed by atoms with Gasteiger partial charge in [0.1, 0.15) is 5.58 Å². The van der Waals surface area contributed by atoms with Crippen LogP contribution in [0.5, 0.6) is 0 Å². The molecule has 0 aliphatic carbocycles. The Morgan fingerprint density at radius 2 is 1.89 bits per heavy atom. The van der Waals surface area contributed by atoms with Gasteiger partial charge in [0.25, 0.3) is 5.91 Å². The van der Waals surface area contributed by atoms with Gasteiger partial charge in [-0.3, -0.25) is 9.69 Å². The van der Waals surface area contributed by atoms with Crippen LogP contribution >= 0.6 is 11.3 Å². The molecule has 2 aromatic heterocycles. The van der Waals surface area contributed by atoms with Gasteiger partial charge < -0.3 is 9.32 Å². The van der Waals surface area contributed by atoms with Gasteiger partial charge in [0.15, 0.2) is 10.9 Å². The summed E-state index contributed by atoms with van der Waals surface area (Å²) < 4.78 is 6.95. The van der Waals surface area contributed by atoms with Gasteiger partial charge in [-0.1, -0.05) is 35.6 Å². The zero-order valence-corrected chi connectivity index (χ0v) is 17.3. The van der Waals surface area contributed by atoms with Gasteiger partial charge >= 0.3 is 0 Å². The van der Waals surface area contributed by atoms with Gasteiger partial charge in [0.05, 0.1) is 10.2 Å². The molecular weight excluding hydrogens is 370 g/mol. The summed E-state index contributed by atoms with van der Waals surface area (Å²) in [5, 5.41) is 1.63. The van der Waals surface area contributed by atoms with E-state index in [0.29, 0.717) is 23.0 Å². The maximum atomic E-state index is 13.3. The van der Waals surface area contributed by atoms with E-state index in [-0.39, 0.29) is 5.91 Å². The van der Waals surface area contributed by atoms with Crippen molar-refractivity contribution in [3.63, 3.8) is 0 Å². The summed E-state index contributed by atoms with van der Waals surface area (Å²) in [4.78, 5) is 21.9. The zero-order valence-electron chi connectivity index (χ0n) is 16.5. The van der Waals surface area contributed by atoms with Crippen molar-refractivity contribution in [3.8, 4) is 0 Å². The molecule has 0 saturated heterocycles. The van der Waals surface area contributed by atoms with Crippen LogP contribution in [0.25, 0.3) is 21.2 Å². The third-order valence-electron chi connectivity index (χ3n) is 4.69. The summed E-state index contributed by atoms with van der Waals surface area (Å²) in [7, 11) is 3.99. The van der Waals surface area contributed by atoms with Gasteiger partial charge in [0, 0.05) is 18.5 Å². The smallest absolute Gasteiger partial charge is 0.295 e. The molecule has 28 heavy (non-hydrogen) atoms. The van der Waals surface area contributed by atoms with Crippen LogP contribution < -0.4 is 4.90 Å². The minimum Gasteiger partial charge on any atom is -0.451 e. The minimum atomic E-state index is -0.161. The summed E-state index contributed by atoms with van der Waals surface area (Å²) in [5.41, 5.74) is 4.01. The Morgan fingerprint density at radius 3 is 2.64 bits per heavy atom. The fourth-order valence-electron chi connectivity index (χ4n) is 3.28. The number of thiazole rings is 1. The van der Waals surface area contributed by atoms with Crippen LogP contribution in [0.1, 0.15) is 21.7 Å². The van der Waals surface area contributed by atoms with E-state index in [2.05, 4.69) is 30.9 Å². The number of rotatable bonds is 5. The lowest BCUT2D eigenvalue weighted by molar-refractivity contribution is 0.0960. The Labute approximate surface area is 168 Å². The van der Waals surface area contributed by atoms with Crippen LogP contribution in [0.3, 0.4) is 0 Å². The minimum absolute atomic E-state index is 0.161. The van der Waals surface area contributed by atoms with Crippen LogP contribution in [0.4, 0.5) is 5.13 Å². The maximum absolute atomic E-state index is 13.3. The van der Waals surface area contributed by atoms with Crippen molar-refractivity contribution in [3.05, 3.63) is 59.4 Å². The number of carbonyl (C=O) groups excluding carboxylic acids is 1. The molecule has 0 unspecified atom stereocenters. The molecule has 0 aliphatic rings. The molecule has 0 spiro atoms. The van der Waals surface area contributed by atoms with E-state index >= 15 is 0 Å². The first-order valence-corrected chi connectivity index (χ1v) is 10.1. The van der Waals surface area contributed by atoms with Crippen molar-refractivity contribution in [2.75, 3.05) is 32.1 Å². The molecule has 0 atom stereocenters. The number of fused-ring (bicyclic) bond motifs is 2. The topological polar surface area (TPSA) is 49.6 Å². The number of benzene rings is 2. The van der Waals surface area contributed by atoms with Gasteiger partial charge in [-0.05, 0) is 57.3 Å². The third kappa shape index (κ3) is 3.53. The second-order valence-corrected chi connectivity index (χ2v) is 8.31. The summed E-state index contributed by atoms with van der Waals surface area (Å²) in [5.74, 6) is 0.179. The quantitative estimate of drug-likeness (QED) is 0.485. The highest BCUT2D eigenvalue weighted by atomic mass is 32.1. The van der Waals surface area contributed by atoms with Crippen LogP contribution in [0.2, 0.25) is 0 Å². The predicted molar refractivity (Wildman–Crippen MR) is 116 cm³/mol. The molecule has 0 bridgehead atoms. The van der Waals surface area contributed by atoms with E-state index in [4.69, 9.17) is 9.40 Å². The molecule has 0 aliphatic heterocycles. The summed E-state index contributed by atoms with van der Waals surface area (Å²) in [6.07, 6.45) is 0. The van der Waals surface area contributed by atoms with Gasteiger partial charge in [-0.2, -0.15) is 0 Å². The average Bonchev–Trinajstić information content (AvgIpc) is 3.25. The van der Waals surface area contributed by atoms with E-state index in [1.54, 1.807) is 16.2 Å². The summed E-state index contributed by atoms with van der Waals surface area (Å²) >= 11 is 1.56. The lowest BCUT2D eigenvalue weighted by Gasteiger charge is -2.20. The zero-order chi connectivity index (χ0) is 19.8. The fourth-order valence-corrected chi connectivity index (χ4v) is 4.32. The number of carbonyl (C=O) groups is 1. The number of aromatic nitrogens is 1. The number of hydrogen-bond donors (Lipinski definition) is 0. The molecule has 2 aromatic carbocycles. The molecule has 5 nitrogen and oxygen atoms in total. The second kappa shape index (κ2) is 7.37. The first-order chi connectivity index (χ1) is 13.4. The predicted octanol–water partition coefficient (Wildman–Crippen LogP) is 4.87. The normalized spacial score (nSPS) is 11.6. The van der Waals surface area contributed by atoms with Crippen LogP contribution in [0.15, 0.2) is 46.9 Å². The largest absolute Gasteiger partial charge is 0.451 e. The van der Waals surface area contributed by atoms with Crippen molar-refractivity contribution in [2.24, 2.45) is 0 Å². The molecule has 2 heterocycles. The first-order valence-electron chi connectivity index (χ1n) is 9.25. The number of anilines is 1. The van der Waals surface area contributed by atoms with Crippen molar-refractivity contribution in [1.29, 1.82) is 0 Å². The molecule has 1 amide bonds. The molecular formula is C22H23N3O2S. The Balaban J connectivity index is 1.76. The number of amides is 1. The number of aryl methyl sites for hydroxylation is 2. The Bertz CT molecular complexity index is 1130. The Morgan fingerprint density at radius 1 is 1.11 bits per heavy atom. The number of para-hydroxylation sites is 1. The fraction of sp³-hybridized carbons (Fsp3) is 0.273. The highest BCUT2D eigenvalue weighted by molar-refractivity contribution is 7.22. The second-order valence-electron chi connectivity index (χ2n) is 7.34. The number of likely N-dealkylation sites (N-methyl/N-ethyl adjacent to an activating group) is 1. The summed E-state index contributed by atoms with van der Waals surface area (Å²) in [6, 6.07) is 13.7. The molecule has 0 saturated carbocycles. The molecule has 0 fully saturated rings. The lowest BCUT2D eigenvalue weighted by atomic mass is 10.1. The van der Waals surface area contributed by atoms with Crippen molar-refractivity contribution in [2.45, 2.75) is 13.8 Å². The van der Waals surface area contributed by atoms with Gasteiger partial charge in [-0.25, -0.2) is 4.98 Å². The van der Waals surface area contributed by atoms with Crippen molar-refractivity contribution in [1.82, 2.24) is 9.88 Å². The highest BCUT2D eigenvalue weighted by Crippen LogP contribution is 2.33. The van der Waals surface area contributed by atoms with Crippen molar-refractivity contribution >= 4 is 43.6 Å². The van der Waals surface area contributed by atoms with Crippen LogP contribution in [-0.4, -0.2) is 43.0 Å². The monoisotopic (exact) mass is 393 g/mol. The number of furan rings is 1. The molecule has 0 radical (unpaired) electrons. The summed E-state index contributed by atoms with van der Waals surface area (Å²) in [6.45, 7) is 5.43. The number of hydrogen-bond acceptors (Lipinski definition) is 5. The van der Waals surface area contributed by atoms with Gasteiger partial charge in [-0.15, -0.1) is 0 Å². The third-order valence-corrected chi connectivity index (χ3v) is 5.92. The molecule has 6 heteroatoms.